The van der Waals surface area contributed by atoms with Gasteiger partial charge in [-0.25, -0.2) is 14.8 Å². The molecule has 2 heterocycles. The fourth-order valence-electron chi connectivity index (χ4n) is 2.11. The molecule has 0 fully saturated rings. The minimum absolute atomic E-state index is 0.236. The number of carbonyl (C=O) groups excluding carboxylic acids is 1. The summed E-state index contributed by atoms with van der Waals surface area (Å²) in [6.07, 6.45) is -0.343. The zero-order valence-electron chi connectivity index (χ0n) is 12.4. The Hall–Kier alpha value is -1.89. The summed E-state index contributed by atoms with van der Waals surface area (Å²) in [5, 5.41) is 3.04. The summed E-state index contributed by atoms with van der Waals surface area (Å²) in [5.41, 5.74) is 7.78. The van der Waals surface area contributed by atoms with Crippen LogP contribution in [-0.2, 0) is 24.4 Å². The van der Waals surface area contributed by atoms with Crippen LogP contribution >= 0.6 is 0 Å². The summed E-state index contributed by atoms with van der Waals surface area (Å²) >= 11 is 0. The van der Waals surface area contributed by atoms with Gasteiger partial charge in [-0.05, 0) is 27.8 Å². The monoisotopic (exact) mass is 279 g/mol. The summed E-state index contributed by atoms with van der Waals surface area (Å²) in [6, 6.07) is 0. The van der Waals surface area contributed by atoms with Crippen LogP contribution in [0.3, 0.4) is 0 Å². The van der Waals surface area contributed by atoms with E-state index in [4.69, 9.17) is 10.5 Å². The first-order chi connectivity index (χ1) is 9.30. The molecule has 0 radical (unpaired) electrons. The van der Waals surface area contributed by atoms with Crippen molar-refractivity contribution in [3.05, 3.63) is 17.0 Å². The first kappa shape index (κ1) is 14.5. The lowest BCUT2D eigenvalue weighted by molar-refractivity contribution is 0.0240. The van der Waals surface area contributed by atoms with Crippen molar-refractivity contribution < 1.29 is 9.53 Å². The lowest BCUT2D eigenvalue weighted by atomic mass is 10.2. The number of anilines is 1. The van der Waals surface area contributed by atoms with Crippen molar-refractivity contribution in [2.75, 3.05) is 12.8 Å². The summed E-state index contributed by atoms with van der Waals surface area (Å²) in [7, 11) is 1.84. The van der Waals surface area contributed by atoms with Crippen LogP contribution < -0.4 is 11.1 Å². The molecule has 7 nitrogen and oxygen atoms in total. The highest BCUT2D eigenvalue weighted by Crippen LogP contribution is 2.26. The number of nitrogens with zero attached hydrogens (tertiary/aromatic N) is 3. The molecule has 1 aromatic heterocycles. The van der Waals surface area contributed by atoms with E-state index in [0.717, 1.165) is 17.0 Å². The molecule has 110 valence electrons. The zero-order valence-corrected chi connectivity index (χ0v) is 12.4. The molecule has 20 heavy (non-hydrogen) atoms. The van der Waals surface area contributed by atoms with Gasteiger partial charge in [0.15, 0.2) is 0 Å². The smallest absolute Gasteiger partial charge is 0.410 e. The van der Waals surface area contributed by atoms with Crippen LogP contribution in [0.15, 0.2) is 0 Å². The van der Waals surface area contributed by atoms with Crippen molar-refractivity contribution in [2.45, 2.75) is 46.0 Å². The molecule has 3 N–H and O–H groups in total. The number of hydrogen-bond donors (Lipinski definition) is 2. The summed E-state index contributed by atoms with van der Waals surface area (Å²) in [4.78, 5) is 22.1. The van der Waals surface area contributed by atoms with Crippen molar-refractivity contribution in [1.29, 1.82) is 0 Å². The molecule has 0 spiro atoms. The van der Waals surface area contributed by atoms with Gasteiger partial charge in [-0.2, -0.15) is 0 Å². The second-order valence-corrected chi connectivity index (χ2v) is 5.82. The average Bonchev–Trinajstić information content (AvgIpc) is 2.70. The molecule has 0 saturated carbocycles. The minimum atomic E-state index is -0.510. The van der Waals surface area contributed by atoms with Crippen molar-refractivity contribution in [3.63, 3.8) is 0 Å². The third-order valence-corrected chi connectivity index (χ3v) is 2.88. The highest BCUT2D eigenvalue weighted by molar-refractivity contribution is 5.69. The molecule has 0 bridgehead atoms. The van der Waals surface area contributed by atoms with Gasteiger partial charge in [-0.15, -0.1) is 0 Å². The molecule has 1 amide bonds. The second-order valence-electron chi connectivity index (χ2n) is 5.82. The molecule has 0 atom stereocenters. The third-order valence-electron chi connectivity index (χ3n) is 2.88. The van der Waals surface area contributed by atoms with Gasteiger partial charge >= 0.3 is 6.09 Å². The van der Waals surface area contributed by atoms with Crippen LogP contribution in [0.5, 0.6) is 0 Å². The van der Waals surface area contributed by atoms with Gasteiger partial charge in [0.2, 0.25) is 5.95 Å². The van der Waals surface area contributed by atoms with Crippen LogP contribution in [-0.4, -0.2) is 33.6 Å². The fourth-order valence-corrected chi connectivity index (χ4v) is 2.11. The number of nitrogens with one attached hydrogen (secondary N) is 1. The number of nitrogen functional groups attached to an aromatic ring is 1. The molecule has 0 aromatic carbocycles. The molecule has 1 aliphatic rings. The average molecular weight is 279 g/mol. The van der Waals surface area contributed by atoms with E-state index in [0.29, 0.717) is 19.6 Å². The number of ether oxygens (including phenoxy) is 1. The van der Waals surface area contributed by atoms with Gasteiger partial charge in [0, 0.05) is 12.1 Å². The minimum Gasteiger partial charge on any atom is -0.444 e. The van der Waals surface area contributed by atoms with Gasteiger partial charge in [0.25, 0.3) is 0 Å². The van der Waals surface area contributed by atoms with E-state index in [1.807, 2.05) is 27.8 Å². The fraction of sp³-hybridized carbons (Fsp3) is 0.615. The molecule has 2 rings (SSSR count). The quantitative estimate of drug-likeness (QED) is 0.840. The summed E-state index contributed by atoms with van der Waals surface area (Å²) < 4.78 is 5.37. The molecular formula is C13H21N5O2. The van der Waals surface area contributed by atoms with Crippen molar-refractivity contribution in [3.8, 4) is 0 Å². The van der Waals surface area contributed by atoms with Crippen molar-refractivity contribution in [1.82, 2.24) is 20.2 Å². The predicted octanol–water partition coefficient (Wildman–Crippen LogP) is 1.03. The molecular weight excluding hydrogens is 258 g/mol. The van der Waals surface area contributed by atoms with E-state index in [2.05, 4.69) is 15.3 Å². The standard InChI is InChI=1S/C13H21N5O2/c1-13(2,3)20-12(19)18-6-8-9(5-15-4)16-11(14)17-10(8)7-18/h15H,5-7H2,1-4H3,(H2,14,16,17). The Bertz CT molecular complexity index is 524. The maximum Gasteiger partial charge on any atom is 0.410 e. The number of rotatable bonds is 2. The van der Waals surface area contributed by atoms with E-state index in [1.165, 1.54) is 0 Å². The number of hydrogen-bond acceptors (Lipinski definition) is 6. The normalized spacial score (nSPS) is 14.3. The Labute approximate surface area is 118 Å². The Balaban J connectivity index is 2.18. The number of nitrogens with two attached hydrogens (primary N) is 1. The van der Waals surface area contributed by atoms with Crippen LogP contribution in [0.25, 0.3) is 0 Å². The molecule has 7 heteroatoms. The maximum atomic E-state index is 12.1. The highest BCUT2D eigenvalue weighted by atomic mass is 16.6. The van der Waals surface area contributed by atoms with Gasteiger partial charge in [-0.1, -0.05) is 0 Å². The number of fused-ring (bicyclic) bond motifs is 1. The third kappa shape index (κ3) is 3.16. The summed E-state index contributed by atoms with van der Waals surface area (Å²) in [5.74, 6) is 0.236. The molecule has 0 unspecified atom stereocenters. The van der Waals surface area contributed by atoms with Crippen LogP contribution in [0.1, 0.15) is 37.7 Å². The second kappa shape index (κ2) is 5.24. The Morgan fingerprint density at radius 2 is 2.10 bits per heavy atom. The summed E-state index contributed by atoms with van der Waals surface area (Å²) in [6.45, 7) is 7.00. The van der Waals surface area contributed by atoms with E-state index in [9.17, 15) is 4.79 Å². The van der Waals surface area contributed by atoms with Crippen LogP contribution in [0.2, 0.25) is 0 Å². The van der Waals surface area contributed by atoms with Crippen LogP contribution in [0, 0.1) is 0 Å². The van der Waals surface area contributed by atoms with E-state index in [1.54, 1.807) is 4.90 Å². The van der Waals surface area contributed by atoms with Crippen molar-refractivity contribution in [2.24, 2.45) is 0 Å². The molecule has 1 aromatic rings. The first-order valence-electron chi connectivity index (χ1n) is 6.57. The molecule has 1 aliphatic heterocycles. The highest BCUT2D eigenvalue weighted by Gasteiger charge is 2.30. The number of carbonyl (C=O) groups is 1. The molecule has 0 aliphatic carbocycles. The Kier molecular flexibility index (Phi) is 3.80. The van der Waals surface area contributed by atoms with E-state index < -0.39 is 5.60 Å². The topological polar surface area (TPSA) is 93.4 Å². The van der Waals surface area contributed by atoms with E-state index >= 15 is 0 Å². The maximum absolute atomic E-state index is 12.1. The first-order valence-corrected chi connectivity index (χ1v) is 6.57. The Morgan fingerprint density at radius 3 is 2.70 bits per heavy atom. The number of amides is 1. The van der Waals surface area contributed by atoms with Gasteiger partial charge in [0.05, 0.1) is 24.5 Å². The van der Waals surface area contributed by atoms with Gasteiger partial charge < -0.3 is 15.8 Å². The number of aromatic nitrogens is 2. The predicted molar refractivity (Wildman–Crippen MR) is 74.7 cm³/mol. The SMILES string of the molecule is CNCc1nc(N)nc2c1CN(C(=O)OC(C)(C)C)C2. The van der Waals surface area contributed by atoms with Crippen LogP contribution in [0.4, 0.5) is 10.7 Å². The van der Waals surface area contributed by atoms with Crippen molar-refractivity contribution >= 4 is 12.0 Å². The van der Waals surface area contributed by atoms with E-state index in [-0.39, 0.29) is 12.0 Å². The zero-order chi connectivity index (χ0) is 14.9. The molecule has 0 saturated heterocycles. The van der Waals surface area contributed by atoms with Gasteiger partial charge in [0.1, 0.15) is 5.60 Å². The van der Waals surface area contributed by atoms with Gasteiger partial charge in [-0.3, -0.25) is 4.90 Å². The lowest BCUT2D eigenvalue weighted by Gasteiger charge is -2.24. The largest absolute Gasteiger partial charge is 0.444 e. The lowest BCUT2D eigenvalue weighted by Crippen LogP contribution is -2.33. The Morgan fingerprint density at radius 1 is 1.40 bits per heavy atom.